The summed E-state index contributed by atoms with van der Waals surface area (Å²) >= 11 is 0. The van der Waals surface area contributed by atoms with E-state index in [1.54, 1.807) is 0 Å². The van der Waals surface area contributed by atoms with E-state index >= 15 is 0 Å². The molecule has 1 saturated carbocycles. The number of ether oxygens (including phenoxy) is 1. The van der Waals surface area contributed by atoms with Gasteiger partial charge in [-0.2, -0.15) is 5.10 Å². The Kier molecular flexibility index (Phi) is 4.55. The fraction of sp³-hybridized carbons (Fsp3) is 0.471. The van der Waals surface area contributed by atoms with Crippen LogP contribution in [0.2, 0.25) is 0 Å². The second-order valence-corrected chi connectivity index (χ2v) is 5.76. The molecule has 2 aromatic rings. The predicted octanol–water partition coefficient (Wildman–Crippen LogP) is 3.33. The number of rotatable bonds is 6. The Bertz CT molecular complexity index is 573. The first-order valence-electron chi connectivity index (χ1n) is 7.77. The SMILES string of the molecule is Cc1[nH]ncc1CNCc1ccccc1OC1CCCC1. The highest BCUT2D eigenvalue weighted by Gasteiger charge is 2.17. The molecule has 0 unspecified atom stereocenters. The van der Waals surface area contributed by atoms with E-state index in [2.05, 4.69) is 33.7 Å². The summed E-state index contributed by atoms with van der Waals surface area (Å²) in [5.41, 5.74) is 3.56. The van der Waals surface area contributed by atoms with Crippen LogP contribution in [0.15, 0.2) is 30.5 Å². The molecule has 1 heterocycles. The summed E-state index contributed by atoms with van der Waals surface area (Å²) in [4.78, 5) is 0. The number of hydrogen-bond acceptors (Lipinski definition) is 3. The fourth-order valence-corrected chi connectivity index (χ4v) is 2.84. The van der Waals surface area contributed by atoms with Crippen molar-refractivity contribution in [1.29, 1.82) is 0 Å². The first-order valence-corrected chi connectivity index (χ1v) is 7.77. The number of aromatic nitrogens is 2. The maximum Gasteiger partial charge on any atom is 0.124 e. The van der Waals surface area contributed by atoms with Crippen LogP contribution in [0.1, 0.15) is 42.5 Å². The van der Waals surface area contributed by atoms with Crippen LogP contribution >= 0.6 is 0 Å². The van der Waals surface area contributed by atoms with Crippen molar-refractivity contribution in [2.75, 3.05) is 0 Å². The van der Waals surface area contributed by atoms with Gasteiger partial charge >= 0.3 is 0 Å². The number of H-pyrrole nitrogens is 1. The molecule has 0 radical (unpaired) electrons. The largest absolute Gasteiger partial charge is 0.490 e. The summed E-state index contributed by atoms with van der Waals surface area (Å²) in [5.74, 6) is 1.03. The van der Waals surface area contributed by atoms with Crippen LogP contribution in [0.3, 0.4) is 0 Å². The molecule has 2 N–H and O–H groups in total. The molecular weight excluding hydrogens is 262 g/mol. The van der Waals surface area contributed by atoms with Crippen molar-refractivity contribution in [3.8, 4) is 5.75 Å². The summed E-state index contributed by atoms with van der Waals surface area (Å²) in [6.07, 6.45) is 7.26. The Morgan fingerprint density at radius 1 is 1.19 bits per heavy atom. The Morgan fingerprint density at radius 3 is 2.71 bits per heavy atom. The number of aromatic amines is 1. The van der Waals surface area contributed by atoms with Crippen molar-refractivity contribution in [2.24, 2.45) is 0 Å². The smallest absolute Gasteiger partial charge is 0.124 e. The zero-order valence-corrected chi connectivity index (χ0v) is 12.6. The fourth-order valence-electron chi connectivity index (χ4n) is 2.84. The van der Waals surface area contributed by atoms with Gasteiger partial charge in [-0.15, -0.1) is 0 Å². The van der Waals surface area contributed by atoms with Gasteiger partial charge in [-0.1, -0.05) is 18.2 Å². The first kappa shape index (κ1) is 14.1. The van der Waals surface area contributed by atoms with E-state index in [1.807, 2.05) is 19.2 Å². The third-order valence-electron chi connectivity index (χ3n) is 4.13. The van der Waals surface area contributed by atoms with Gasteiger partial charge in [0.2, 0.25) is 0 Å². The lowest BCUT2D eigenvalue weighted by Crippen LogP contribution is -2.16. The molecule has 3 rings (SSSR count). The molecule has 112 valence electrons. The summed E-state index contributed by atoms with van der Waals surface area (Å²) < 4.78 is 6.16. The highest BCUT2D eigenvalue weighted by Crippen LogP contribution is 2.26. The molecule has 0 aliphatic heterocycles. The maximum absolute atomic E-state index is 6.16. The molecule has 1 aliphatic carbocycles. The highest BCUT2D eigenvalue weighted by molar-refractivity contribution is 5.33. The molecule has 0 saturated heterocycles. The second kappa shape index (κ2) is 6.76. The van der Waals surface area contributed by atoms with Gasteiger partial charge in [0, 0.05) is 29.9 Å². The van der Waals surface area contributed by atoms with E-state index in [0.717, 1.165) is 24.5 Å². The average Bonchev–Trinajstić information content (AvgIpc) is 3.13. The molecule has 0 amide bonds. The van der Waals surface area contributed by atoms with Gasteiger partial charge in [0.05, 0.1) is 12.3 Å². The van der Waals surface area contributed by atoms with E-state index in [9.17, 15) is 0 Å². The monoisotopic (exact) mass is 285 g/mol. The lowest BCUT2D eigenvalue weighted by atomic mass is 10.2. The Balaban J connectivity index is 1.58. The van der Waals surface area contributed by atoms with E-state index in [1.165, 1.54) is 36.8 Å². The van der Waals surface area contributed by atoms with Crippen molar-refractivity contribution in [3.63, 3.8) is 0 Å². The van der Waals surface area contributed by atoms with Crippen molar-refractivity contribution in [1.82, 2.24) is 15.5 Å². The van der Waals surface area contributed by atoms with Crippen LogP contribution in [0, 0.1) is 6.92 Å². The van der Waals surface area contributed by atoms with Gasteiger partial charge in [-0.3, -0.25) is 5.10 Å². The van der Waals surface area contributed by atoms with E-state index < -0.39 is 0 Å². The molecule has 4 nitrogen and oxygen atoms in total. The van der Waals surface area contributed by atoms with Crippen molar-refractivity contribution in [3.05, 3.63) is 47.3 Å². The minimum atomic E-state index is 0.405. The zero-order valence-electron chi connectivity index (χ0n) is 12.6. The Labute approximate surface area is 125 Å². The number of benzene rings is 1. The molecule has 1 aromatic heterocycles. The topological polar surface area (TPSA) is 49.9 Å². The molecule has 0 atom stereocenters. The van der Waals surface area contributed by atoms with E-state index in [-0.39, 0.29) is 0 Å². The Morgan fingerprint density at radius 2 is 1.95 bits per heavy atom. The van der Waals surface area contributed by atoms with Crippen LogP contribution in [-0.4, -0.2) is 16.3 Å². The van der Waals surface area contributed by atoms with Crippen molar-refractivity contribution < 1.29 is 4.74 Å². The quantitative estimate of drug-likeness (QED) is 0.856. The highest BCUT2D eigenvalue weighted by atomic mass is 16.5. The van der Waals surface area contributed by atoms with Gasteiger partial charge in [-0.25, -0.2) is 0 Å². The lowest BCUT2D eigenvalue weighted by molar-refractivity contribution is 0.207. The third kappa shape index (κ3) is 3.64. The van der Waals surface area contributed by atoms with Crippen LogP contribution in [0.4, 0.5) is 0 Å². The predicted molar refractivity (Wildman–Crippen MR) is 83.2 cm³/mol. The lowest BCUT2D eigenvalue weighted by Gasteiger charge is -2.16. The van der Waals surface area contributed by atoms with Crippen LogP contribution in [-0.2, 0) is 13.1 Å². The molecule has 1 fully saturated rings. The molecule has 1 aromatic carbocycles. The van der Waals surface area contributed by atoms with Gasteiger partial charge in [0.15, 0.2) is 0 Å². The molecule has 0 spiro atoms. The number of aryl methyl sites for hydroxylation is 1. The number of para-hydroxylation sites is 1. The molecule has 0 bridgehead atoms. The second-order valence-electron chi connectivity index (χ2n) is 5.76. The van der Waals surface area contributed by atoms with Crippen LogP contribution < -0.4 is 10.1 Å². The summed E-state index contributed by atoms with van der Waals surface area (Å²) in [6.45, 7) is 3.68. The molecule has 4 heteroatoms. The standard InChI is InChI=1S/C17H23N3O/c1-13-15(12-19-20-13)11-18-10-14-6-2-5-9-17(14)21-16-7-3-4-8-16/h2,5-6,9,12,16,18H,3-4,7-8,10-11H2,1H3,(H,19,20). The molecule has 1 aliphatic rings. The number of hydrogen-bond donors (Lipinski definition) is 2. The first-order chi connectivity index (χ1) is 10.3. The zero-order chi connectivity index (χ0) is 14.5. The van der Waals surface area contributed by atoms with Gasteiger partial charge in [-0.05, 0) is 38.7 Å². The van der Waals surface area contributed by atoms with E-state index in [0.29, 0.717) is 6.10 Å². The Hall–Kier alpha value is -1.81. The molecule has 21 heavy (non-hydrogen) atoms. The van der Waals surface area contributed by atoms with Crippen LogP contribution in [0.25, 0.3) is 0 Å². The third-order valence-corrected chi connectivity index (χ3v) is 4.13. The van der Waals surface area contributed by atoms with Gasteiger partial charge in [0.25, 0.3) is 0 Å². The minimum absolute atomic E-state index is 0.405. The minimum Gasteiger partial charge on any atom is -0.490 e. The maximum atomic E-state index is 6.16. The number of nitrogens with one attached hydrogen (secondary N) is 2. The van der Waals surface area contributed by atoms with Gasteiger partial charge < -0.3 is 10.1 Å². The average molecular weight is 285 g/mol. The summed E-state index contributed by atoms with van der Waals surface area (Å²) in [6, 6.07) is 8.34. The normalized spacial score (nSPS) is 15.5. The number of nitrogens with zero attached hydrogens (tertiary/aromatic N) is 1. The van der Waals surface area contributed by atoms with E-state index in [4.69, 9.17) is 4.74 Å². The van der Waals surface area contributed by atoms with Crippen LogP contribution in [0.5, 0.6) is 5.75 Å². The van der Waals surface area contributed by atoms with Crippen molar-refractivity contribution in [2.45, 2.75) is 51.8 Å². The van der Waals surface area contributed by atoms with Gasteiger partial charge in [0.1, 0.15) is 5.75 Å². The van der Waals surface area contributed by atoms with Crippen molar-refractivity contribution >= 4 is 0 Å². The molecular formula is C17H23N3O. The summed E-state index contributed by atoms with van der Waals surface area (Å²) in [5, 5.41) is 10.5. The summed E-state index contributed by atoms with van der Waals surface area (Å²) in [7, 11) is 0.